The molecule has 1 aliphatic heterocycles. The number of carbonyl (C=O) groups is 1. The highest BCUT2D eigenvalue weighted by molar-refractivity contribution is 5.69. The number of aliphatic hydroxyl groups excluding tert-OH is 1. The third-order valence-corrected chi connectivity index (χ3v) is 2.35. The molecule has 0 spiro atoms. The molecular weight excluding hydrogens is 217 g/mol. The number of halogens is 1. The number of nitrogens with zero attached hydrogens (tertiary/aromatic N) is 1. The molecule has 0 aromatic carbocycles. The summed E-state index contributed by atoms with van der Waals surface area (Å²) in [5.74, 6) is 0. The molecule has 1 amide bonds. The fraction of sp³-hybridized carbons (Fsp3) is 0.900. The highest BCUT2D eigenvalue weighted by Crippen LogP contribution is 2.23. The minimum Gasteiger partial charge on any atom is -0.444 e. The molecule has 0 aromatic rings. The lowest BCUT2D eigenvalue weighted by Crippen LogP contribution is -2.45. The van der Waals surface area contributed by atoms with Gasteiger partial charge in [0.15, 0.2) is 0 Å². The van der Waals surface area contributed by atoms with E-state index < -0.39 is 24.0 Å². The van der Waals surface area contributed by atoms with Gasteiger partial charge in [0.05, 0.1) is 6.04 Å². The topological polar surface area (TPSA) is 59.0 Å². The number of likely N-dealkylation sites (tertiary alicyclic amines) is 1. The second kappa shape index (κ2) is 4.97. The quantitative estimate of drug-likeness (QED) is 0.739. The summed E-state index contributed by atoms with van der Waals surface area (Å²) >= 11 is 0. The summed E-state index contributed by atoms with van der Waals surface area (Å²) < 4.78 is 17.0. The molecule has 0 saturated carbocycles. The lowest BCUT2D eigenvalue weighted by Gasteiger charge is -2.29. The molecule has 1 saturated heterocycles. The number of hydrogen-bond donors (Lipinski definition) is 1. The number of amides is 1. The van der Waals surface area contributed by atoms with Gasteiger partial charge in [0, 0.05) is 6.54 Å². The maximum Gasteiger partial charge on any atom is 0.410 e. The van der Waals surface area contributed by atoms with E-state index in [0.717, 1.165) is 0 Å². The van der Waals surface area contributed by atoms with Crippen molar-refractivity contribution in [2.24, 2.45) is 0 Å². The highest BCUT2D eigenvalue weighted by atomic mass is 19.3. The maximum absolute atomic E-state index is 11.9. The molecule has 6 heteroatoms. The SMILES string of the molecule is CC(C)(C)OC(=O)N1CCCC1C(O)OF. The summed E-state index contributed by atoms with van der Waals surface area (Å²) in [6.07, 6.45) is -0.949. The van der Waals surface area contributed by atoms with E-state index in [0.29, 0.717) is 19.4 Å². The van der Waals surface area contributed by atoms with Crippen LogP contribution in [-0.2, 0) is 9.68 Å². The minimum absolute atomic E-state index is 0.444. The molecule has 0 radical (unpaired) electrons. The van der Waals surface area contributed by atoms with Gasteiger partial charge in [-0.25, -0.2) is 4.79 Å². The number of hydrogen-bond acceptors (Lipinski definition) is 4. The number of ether oxygens (including phenoxy) is 1. The Morgan fingerprint density at radius 1 is 1.56 bits per heavy atom. The zero-order chi connectivity index (χ0) is 12.3. The third kappa shape index (κ3) is 3.31. The van der Waals surface area contributed by atoms with Gasteiger partial charge in [0.25, 0.3) is 0 Å². The monoisotopic (exact) mass is 235 g/mol. The lowest BCUT2D eigenvalue weighted by atomic mass is 10.2. The smallest absolute Gasteiger partial charge is 0.410 e. The second-order valence-electron chi connectivity index (χ2n) is 4.86. The maximum atomic E-state index is 11.9. The Morgan fingerprint density at radius 2 is 2.19 bits per heavy atom. The average Bonchev–Trinajstić information content (AvgIpc) is 2.62. The van der Waals surface area contributed by atoms with E-state index in [9.17, 15) is 14.4 Å². The molecule has 1 N–H and O–H groups in total. The first-order valence-corrected chi connectivity index (χ1v) is 5.30. The molecule has 2 unspecified atom stereocenters. The molecular formula is C10H18FNO4. The molecule has 0 aliphatic carbocycles. The van der Waals surface area contributed by atoms with Crippen molar-refractivity contribution in [2.75, 3.05) is 6.54 Å². The molecule has 2 atom stereocenters. The summed E-state index contributed by atoms with van der Waals surface area (Å²) in [5.41, 5.74) is -0.605. The first kappa shape index (κ1) is 13.2. The third-order valence-electron chi connectivity index (χ3n) is 2.35. The van der Waals surface area contributed by atoms with E-state index in [1.807, 2.05) is 0 Å². The standard InChI is InChI=1S/C10H18FNO4/c1-10(2,3)15-9(14)12-6-4-5-7(12)8(13)16-11/h7-8,13H,4-6H2,1-3H3. The summed E-state index contributed by atoms with van der Waals surface area (Å²) in [5, 5.41) is 9.23. The summed E-state index contributed by atoms with van der Waals surface area (Å²) in [4.78, 5) is 16.4. The number of carbonyl (C=O) groups excluding carboxylic acids is 1. The van der Waals surface area contributed by atoms with Gasteiger partial charge < -0.3 is 9.84 Å². The van der Waals surface area contributed by atoms with Crippen LogP contribution in [0.25, 0.3) is 0 Å². The zero-order valence-electron chi connectivity index (χ0n) is 9.77. The van der Waals surface area contributed by atoms with Gasteiger partial charge in [0.1, 0.15) is 5.60 Å². The van der Waals surface area contributed by atoms with Crippen molar-refractivity contribution >= 4 is 6.09 Å². The van der Waals surface area contributed by atoms with Crippen molar-refractivity contribution < 1.29 is 24.1 Å². The summed E-state index contributed by atoms with van der Waals surface area (Å²) in [7, 11) is 0. The molecule has 16 heavy (non-hydrogen) atoms. The molecule has 94 valence electrons. The normalized spacial score (nSPS) is 23.3. The molecule has 1 heterocycles. The Kier molecular flexibility index (Phi) is 4.09. The second-order valence-corrected chi connectivity index (χ2v) is 4.86. The Hall–Kier alpha value is -0.880. The molecule has 0 aromatic heterocycles. The van der Waals surface area contributed by atoms with E-state index >= 15 is 0 Å². The van der Waals surface area contributed by atoms with Crippen LogP contribution in [0.5, 0.6) is 0 Å². The van der Waals surface area contributed by atoms with Gasteiger partial charge in [-0.05, 0) is 38.1 Å². The summed E-state index contributed by atoms with van der Waals surface area (Å²) in [6.45, 7) is 5.69. The fourth-order valence-electron chi connectivity index (χ4n) is 1.70. The molecule has 1 fully saturated rings. The first-order valence-electron chi connectivity index (χ1n) is 5.30. The van der Waals surface area contributed by atoms with Crippen LogP contribution in [0.2, 0.25) is 0 Å². The van der Waals surface area contributed by atoms with Crippen molar-refractivity contribution in [3.63, 3.8) is 0 Å². The van der Waals surface area contributed by atoms with Crippen molar-refractivity contribution in [2.45, 2.75) is 51.5 Å². The van der Waals surface area contributed by atoms with Crippen LogP contribution < -0.4 is 0 Å². The van der Waals surface area contributed by atoms with E-state index in [2.05, 4.69) is 4.94 Å². The van der Waals surface area contributed by atoms with Crippen LogP contribution in [0.15, 0.2) is 0 Å². The van der Waals surface area contributed by atoms with Crippen molar-refractivity contribution in [3.05, 3.63) is 0 Å². The zero-order valence-corrected chi connectivity index (χ0v) is 9.77. The van der Waals surface area contributed by atoms with Gasteiger partial charge in [-0.1, -0.05) is 0 Å². The van der Waals surface area contributed by atoms with E-state index in [4.69, 9.17) is 4.74 Å². The van der Waals surface area contributed by atoms with Crippen LogP contribution in [0.4, 0.5) is 9.32 Å². The van der Waals surface area contributed by atoms with Gasteiger partial charge in [-0.2, -0.15) is 4.94 Å². The predicted octanol–water partition coefficient (Wildman–Crippen LogP) is 1.61. The Bertz CT molecular complexity index is 254. The van der Waals surface area contributed by atoms with Crippen molar-refractivity contribution in [3.8, 4) is 0 Å². The van der Waals surface area contributed by atoms with Crippen LogP contribution in [-0.4, -0.2) is 40.6 Å². The number of aliphatic hydroxyl groups is 1. The van der Waals surface area contributed by atoms with E-state index in [-0.39, 0.29) is 0 Å². The molecule has 1 aliphatic rings. The van der Waals surface area contributed by atoms with Crippen LogP contribution in [0, 0.1) is 0 Å². The molecule has 5 nitrogen and oxygen atoms in total. The largest absolute Gasteiger partial charge is 0.444 e. The molecule has 1 rings (SSSR count). The van der Waals surface area contributed by atoms with Gasteiger partial charge in [0.2, 0.25) is 6.29 Å². The fourth-order valence-corrected chi connectivity index (χ4v) is 1.70. The van der Waals surface area contributed by atoms with E-state index in [1.165, 1.54) is 4.90 Å². The van der Waals surface area contributed by atoms with Crippen molar-refractivity contribution in [1.82, 2.24) is 4.90 Å². The Labute approximate surface area is 94.0 Å². The van der Waals surface area contributed by atoms with Gasteiger partial charge >= 0.3 is 6.09 Å². The number of rotatable bonds is 2. The van der Waals surface area contributed by atoms with Gasteiger partial charge in [-0.3, -0.25) is 4.90 Å². The van der Waals surface area contributed by atoms with Crippen LogP contribution >= 0.6 is 0 Å². The summed E-state index contributed by atoms with van der Waals surface area (Å²) in [6, 6.07) is -0.667. The van der Waals surface area contributed by atoms with Crippen LogP contribution in [0.1, 0.15) is 33.6 Å². The average molecular weight is 235 g/mol. The predicted molar refractivity (Wildman–Crippen MR) is 54.2 cm³/mol. The van der Waals surface area contributed by atoms with Gasteiger partial charge in [-0.15, -0.1) is 0 Å². The van der Waals surface area contributed by atoms with Crippen LogP contribution in [0.3, 0.4) is 0 Å². The lowest BCUT2D eigenvalue weighted by molar-refractivity contribution is -0.272. The van der Waals surface area contributed by atoms with Crippen molar-refractivity contribution in [1.29, 1.82) is 0 Å². The minimum atomic E-state index is -1.60. The molecule has 0 bridgehead atoms. The van der Waals surface area contributed by atoms with E-state index in [1.54, 1.807) is 20.8 Å². The Morgan fingerprint density at radius 3 is 2.69 bits per heavy atom. The highest BCUT2D eigenvalue weighted by Gasteiger charge is 2.37. The Balaban J connectivity index is 2.61. The first-order chi connectivity index (χ1) is 7.35.